The van der Waals surface area contributed by atoms with Gasteiger partial charge in [0, 0.05) is 30.7 Å². The van der Waals surface area contributed by atoms with E-state index in [-0.39, 0.29) is 11.6 Å². The number of hydrogen-bond donors (Lipinski definition) is 1. The number of amides is 1. The summed E-state index contributed by atoms with van der Waals surface area (Å²) in [5, 5.41) is 11.5. The first-order valence-electron chi connectivity index (χ1n) is 5.83. The molecule has 0 saturated carbocycles. The van der Waals surface area contributed by atoms with Crippen molar-refractivity contribution in [3.05, 3.63) is 59.7 Å². The van der Waals surface area contributed by atoms with Gasteiger partial charge in [0.15, 0.2) is 0 Å². The van der Waals surface area contributed by atoms with Gasteiger partial charge in [-0.2, -0.15) is 5.26 Å². The molecule has 2 aromatic heterocycles. The van der Waals surface area contributed by atoms with Crippen LogP contribution in [0.15, 0.2) is 42.9 Å². The van der Waals surface area contributed by atoms with E-state index in [4.69, 9.17) is 5.26 Å². The average Bonchev–Trinajstić information content (AvgIpc) is 2.48. The topological polar surface area (TPSA) is 78.7 Å². The normalized spacial score (nSPS) is 9.63. The van der Waals surface area contributed by atoms with E-state index in [0.29, 0.717) is 12.1 Å². The van der Waals surface area contributed by atoms with Crippen LogP contribution in [0.5, 0.6) is 0 Å². The lowest BCUT2D eigenvalue weighted by atomic mass is 10.2. The lowest BCUT2D eigenvalue weighted by Gasteiger charge is -2.05. The Morgan fingerprint density at radius 2 is 2.26 bits per heavy atom. The van der Waals surface area contributed by atoms with Crippen LogP contribution in [0.1, 0.15) is 21.6 Å². The van der Waals surface area contributed by atoms with Crippen LogP contribution in [0.25, 0.3) is 0 Å². The maximum atomic E-state index is 11.8. The SMILES string of the molecule is N#Cc1cc(C(=O)NCCc2cccnc2)ccn1. The second-order valence-corrected chi connectivity index (χ2v) is 3.91. The monoisotopic (exact) mass is 252 g/mol. The molecule has 94 valence electrons. The van der Waals surface area contributed by atoms with E-state index in [1.165, 1.54) is 12.3 Å². The van der Waals surface area contributed by atoms with Crippen LogP contribution in [0.4, 0.5) is 0 Å². The summed E-state index contributed by atoms with van der Waals surface area (Å²) in [7, 11) is 0. The minimum absolute atomic E-state index is 0.206. The molecule has 0 unspecified atom stereocenters. The van der Waals surface area contributed by atoms with Crippen LogP contribution in [0.2, 0.25) is 0 Å². The third kappa shape index (κ3) is 3.61. The van der Waals surface area contributed by atoms with E-state index >= 15 is 0 Å². The standard InChI is InChI=1S/C14H12N4O/c15-9-13-8-12(4-7-17-13)14(19)18-6-3-11-2-1-5-16-10-11/h1-2,4-5,7-8,10H,3,6H2,(H,18,19). The summed E-state index contributed by atoms with van der Waals surface area (Å²) < 4.78 is 0. The van der Waals surface area contributed by atoms with Crippen molar-refractivity contribution in [2.45, 2.75) is 6.42 Å². The maximum Gasteiger partial charge on any atom is 0.251 e. The highest BCUT2D eigenvalue weighted by Crippen LogP contribution is 2.01. The number of aromatic nitrogens is 2. The van der Waals surface area contributed by atoms with E-state index in [9.17, 15) is 4.79 Å². The van der Waals surface area contributed by atoms with Crippen LogP contribution in [0.3, 0.4) is 0 Å². The van der Waals surface area contributed by atoms with Crippen LogP contribution < -0.4 is 5.32 Å². The predicted octanol–water partition coefficient (Wildman–Crippen LogP) is 1.32. The molecule has 2 heterocycles. The van der Waals surface area contributed by atoms with Crippen LogP contribution >= 0.6 is 0 Å². The van der Waals surface area contributed by atoms with Crippen molar-refractivity contribution in [3.63, 3.8) is 0 Å². The minimum Gasteiger partial charge on any atom is -0.352 e. The molecule has 0 aliphatic heterocycles. The number of hydrogen-bond acceptors (Lipinski definition) is 4. The fourth-order valence-corrected chi connectivity index (χ4v) is 1.60. The lowest BCUT2D eigenvalue weighted by molar-refractivity contribution is 0.0954. The Hall–Kier alpha value is -2.74. The molecule has 2 rings (SSSR count). The predicted molar refractivity (Wildman–Crippen MR) is 69.2 cm³/mol. The second-order valence-electron chi connectivity index (χ2n) is 3.91. The molecule has 0 fully saturated rings. The third-order valence-electron chi connectivity index (χ3n) is 2.56. The highest BCUT2D eigenvalue weighted by Gasteiger charge is 2.06. The Balaban J connectivity index is 1.89. The molecule has 0 bridgehead atoms. The molecular formula is C14H12N4O. The van der Waals surface area contributed by atoms with Gasteiger partial charge in [0.1, 0.15) is 11.8 Å². The quantitative estimate of drug-likeness (QED) is 0.890. The Bertz CT molecular complexity index is 604. The minimum atomic E-state index is -0.206. The Labute approximate surface area is 110 Å². The van der Waals surface area contributed by atoms with E-state index < -0.39 is 0 Å². The van der Waals surface area contributed by atoms with Gasteiger partial charge in [0.25, 0.3) is 5.91 Å². The molecule has 0 spiro atoms. The van der Waals surface area contributed by atoms with E-state index in [2.05, 4.69) is 15.3 Å². The number of nitrogens with one attached hydrogen (secondary N) is 1. The smallest absolute Gasteiger partial charge is 0.251 e. The molecule has 5 heteroatoms. The molecular weight excluding hydrogens is 240 g/mol. The first kappa shape index (κ1) is 12.7. The lowest BCUT2D eigenvalue weighted by Crippen LogP contribution is -2.25. The number of nitrogens with zero attached hydrogens (tertiary/aromatic N) is 3. The molecule has 2 aromatic rings. The van der Waals surface area contributed by atoms with E-state index in [1.807, 2.05) is 18.2 Å². The van der Waals surface area contributed by atoms with Crippen LogP contribution in [-0.2, 0) is 6.42 Å². The number of carbonyl (C=O) groups excluding carboxylic acids is 1. The van der Waals surface area contributed by atoms with Gasteiger partial charge < -0.3 is 5.32 Å². The molecule has 19 heavy (non-hydrogen) atoms. The van der Waals surface area contributed by atoms with Crippen molar-refractivity contribution < 1.29 is 4.79 Å². The van der Waals surface area contributed by atoms with Gasteiger partial charge in [-0.05, 0) is 30.2 Å². The largest absolute Gasteiger partial charge is 0.352 e. The molecule has 5 nitrogen and oxygen atoms in total. The highest BCUT2D eigenvalue weighted by molar-refractivity contribution is 5.94. The molecule has 0 radical (unpaired) electrons. The number of carbonyl (C=O) groups is 1. The summed E-state index contributed by atoms with van der Waals surface area (Å²) in [5.41, 5.74) is 1.74. The van der Waals surface area contributed by atoms with Gasteiger partial charge in [-0.15, -0.1) is 0 Å². The number of nitriles is 1. The fraction of sp³-hybridized carbons (Fsp3) is 0.143. The first-order chi connectivity index (χ1) is 9.29. The highest BCUT2D eigenvalue weighted by atomic mass is 16.1. The van der Waals surface area contributed by atoms with Crippen molar-refractivity contribution in [2.75, 3.05) is 6.54 Å². The van der Waals surface area contributed by atoms with Crippen molar-refractivity contribution in [3.8, 4) is 6.07 Å². The molecule has 0 saturated heterocycles. The zero-order valence-electron chi connectivity index (χ0n) is 10.2. The maximum absolute atomic E-state index is 11.8. The van der Waals surface area contributed by atoms with Gasteiger partial charge in [-0.3, -0.25) is 9.78 Å². The van der Waals surface area contributed by atoms with Gasteiger partial charge >= 0.3 is 0 Å². The molecule has 0 aromatic carbocycles. The number of rotatable bonds is 4. The summed E-state index contributed by atoms with van der Waals surface area (Å²) in [6.45, 7) is 0.523. The molecule has 0 atom stereocenters. The zero-order chi connectivity index (χ0) is 13.5. The zero-order valence-corrected chi connectivity index (χ0v) is 10.2. The molecule has 1 amide bonds. The third-order valence-corrected chi connectivity index (χ3v) is 2.56. The van der Waals surface area contributed by atoms with Gasteiger partial charge in [-0.1, -0.05) is 6.07 Å². The molecule has 0 aliphatic rings. The average molecular weight is 252 g/mol. The Kier molecular flexibility index (Phi) is 4.19. The van der Waals surface area contributed by atoms with Crippen LogP contribution in [-0.4, -0.2) is 22.4 Å². The Morgan fingerprint density at radius 3 is 3.00 bits per heavy atom. The van der Waals surface area contributed by atoms with Gasteiger partial charge in [0.05, 0.1) is 0 Å². The van der Waals surface area contributed by atoms with E-state index in [0.717, 1.165) is 12.0 Å². The molecule has 1 N–H and O–H groups in total. The number of pyridine rings is 2. The fourth-order valence-electron chi connectivity index (χ4n) is 1.60. The summed E-state index contributed by atoms with van der Waals surface area (Å²) in [6.07, 6.45) is 5.65. The summed E-state index contributed by atoms with van der Waals surface area (Å²) in [4.78, 5) is 19.7. The van der Waals surface area contributed by atoms with Crippen molar-refractivity contribution in [1.82, 2.24) is 15.3 Å². The van der Waals surface area contributed by atoms with Crippen LogP contribution in [0, 0.1) is 11.3 Å². The summed E-state index contributed by atoms with van der Waals surface area (Å²) >= 11 is 0. The summed E-state index contributed by atoms with van der Waals surface area (Å²) in [6, 6.07) is 8.78. The van der Waals surface area contributed by atoms with E-state index in [1.54, 1.807) is 18.5 Å². The van der Waals surface area contributed by atoms with Crippen molar-refractivity contribution in [1.29, 1.82) is 5.26 Å². The summed E-state index contributed by atoms with van der Waals surface area (Å²) in [5.74, 6) is -0.206. The molecule has 0 aliphatic carbocycles. The Morgan fingerprint density at radius 1 is 1.37 bits per heavy atom. The van der Waals surface area contributed by atoms with Crippen molar-refractivity contribution in [2.24, 2.45) is 0 Å². The van der Waals surface area contributed by atoms with Gasteiger partial charge in [-0.25, -0.2) is 4.98 Å². The van der Waals surface area contributed by atoms with Gasteiger partial charge in [0.2, 0.25) is 0 Å². The second kappa shape index (κ2) is 6.26. The van der Waals surface area contributed by atoms with Crippen molar-refractivity contribution >= 4 is 5.91 Å². The first-order valence-corrected chi connectivity index (χ1v) is 5.83.